The molecule has 0 heterocycles. The summed E-state index contributed by atoms with van der Waals surface area (Å²) in [6, 6.07) is 25.9. The molecule has 0 nitrogen and oxygen atoms in total. The Morgan fingerprint density at radius 3 is 2.21 bits per heavy atom. The van der Waals surface area contributed by atoms with Gasteiger partial charge < -0.3 is 0 Å². The molecule has 114 valence electrons. The molecule has 24 heavy (non-hydrogen) atoms. The van der Waals surface area contributed by atoms with Gasteiger partial charge in [-0.25, -0.2) is 0 Å². The first-order valence-electron chi connectivity index (χ1n) is 8.10. The molecule has 0 spiro atoms. The van der Waals surface area contributed by atoms with Crippen molar-refractivity contribution in [2.24, 2.45) is 0 Å². The zero-order valence-electron chi connectivity index (χ0n) is 13.5. The molecule has 0 aliphatic heterocycles. The van der Waals surface area contributed by atoms with Crippen molar-refractivity contribution in [3.05, 3.63) is 95.9 Å². The fourth-order valence-electron chi connectivity index (χ4n) is 3.34. The lowest BCUT2D eigenvalue weighted by Crippen LogP contribution is -2.22. The quantitative estimate of drug-likeness (QED) is 0.455. The molecule has 4 aromatic rings. The first kappa shape index (κ1) is 14.5. The summed E-state index contributed by atoms with van der Waals surface area (Å²) in [5, 5.41) is 7.25. The van der Waals surface area contributed by atoms with Gasteiger partial charge in [0.25, 0.3) is 0 Å². The van der Waals surface area contributed by atoms with Gasteiger partial charge in [0.1, 0.15) is 0 Å². The predicted molar refractivity (Wildman–Crippen MR) is 106 cm³/mol. The largest absolute Gasteiger partial charge is 0.0990 e. The van der Waals surface area contributed by atoms with E-state index in [2.05, 4.69) is 86.0 Å². The highest BCUT2D eigenvalue weighted by molar-refractivity contribution is 6.13. The summed E-state index contributed by atoms with van der Waals surface area (Å²) in [5.41, 5.74) is 2.46. The normalized spacial score (nSPS) is 11.9. The van der Waals surface area contributed by atoms with E-state index < -0.39 is 0 Å². The van der Waals surface area contributed by atoms with E-state index in [0.717, 1.165) is 10.4 Å². The summed E-state index contributed by atoms with van der Waals surface area (Å²) >= 11 is 0. The van der Waals surface area contributed by atoms with Crippen LogP contribution >= 0.6 is 0 Å². The number of hydrogen-bond donors (Lipinski definition) is 0. The second-order valence-electron chi connectivity index (χ2n) is 6.01. The highest BCUT2D eigenvalue weighted by Gasteiger charge is 2.07. The van der Waals surface area contributed by atoms with Crippen molar-refractivity contribution in [2.45, 2.75) is 0 Å². The summed E-state index contributed by atoms with van der Waals surface area (Å²) in [6.07, 6.45) is 3.82. The molecule has 0 radical (unpaired) electrons. The average molecular weight is 306 g/mol. The smallest absolute Gasteiger partial charge is 0.00988 e. The van der Waals surface area contributed by atoms with Crippen LogP contribution in [0.2, 0.25) is 0 Å². The second-order valence-corrected chi connectivity index (χ2v) is 6.01. The van der Waals surface area contributed by atoms with E-state index in [1.165, 1.54) is 32.7 Å². The number of fused-ring (bicyclic) bond motifs is 3. The van der Waals surface area contributed by atoms with E-state index in [0.29, 0.717) is 0 Å². The van der Waals surface area contributed by atoms with E-state index in [1.807, 2.05) is 12.2 Å². The molecule has 0 unspecified atom stereocenters. The van der Waals surface area contributed by atoms with Crippen molar-refractivity contribution in [3.8, 4) is 11.1 Å². The van der Waals surface area contributed by atoms with Crippen molar-refractivity contribution >= 4 is 34.2 Å². The second kappa shape index (κ2) is 5.82. The van der Waals surface area contributed by atoms with Crippen LogP contribution in [0.4, 0.5) is 0 Å². The fraction of sp³-hybridized carbons (Fsp3) is 0. The zero-order valence-corrected chi connectivity index (χ0v) is 13.5. The van der Waals surface area contributed by atoms with Gasteiger partial charge in [0.2, 0.25) is 0 Å². The van der Waals surface area contributed by atoms with Gasteiger partial charge in [-0.3, -0.25) is 0 Å². The molecule has 0 amide bonds. The number of benzene rings is 4. The van der Waals surface area contributed by atoms with E-state index >= 15 is 0 Å². The number of rotatable bonds is 2. The molecule has 0 saturated heterocycles. The number of hydrogen-bond acceptors (Lipinski definition) is 0. The molecule has 0 aliphatic carbocycles. The first-order valence-corrected chi connectivity index (χ1v) is 8.10. The zero-order chi connectivity index (χ0) is 16.5. The highest BCUT2D eigenvalue weighted by Crippen LogP contribution is 2.34. The highest BCUT2D eigenvalue weighted by atomic mass is 14.1. The lowest BCUT2D eigenvalue weighted by molar-refractivity contribution is 1.53. The van der Waals surface area contributed by atoms with Crippen molar-refractivity contribution in [3.63, 3.8) is 0 Å². The van der Waals surface area contributed by atoms with Crippen LogP contribution in [0, 0.1) is 0 Å². The molecule has 0 heteroatoms. The summed E-state index contributed by atoms with van der Waals surface area (Å²) < 4.78 is 0. The first-order chi connectivity index (χ1) is 11.8. The van der Waals surface area contributed by atoms with Crippen LogP contribution in [0.25, 0.3) is 45.3 Å². The monoisotopic (exact) mass is 306 g/mol. The van der Waals surface area contributed by atoms with Crippen LogP contribution in [-0.2, 0) is 0 Å². The molecular formula is C24H18. The van der Waals surface area contributed by atoms with E-state index in [9.17, 15) is 0 Å². The van der Waals surface area contributed by atoms with Gasteiger partial charge in [-0.1, -0.05) is 86.0 Å². The Kier molecular flexibility index (Phi) is 3.51. The molecule has 0 aliphatic rings. The maximum atomic E-state index is 4.11. The van der Waals surface area contributed by atoms with Gasteiger partial charge >= 0.3 is 0 Å². The van der Waals surface area contributed by atoms with Crippen LogP contribution < -0.4 is 10.4 Å². The number of allylic oxidation sites excluding steroid dienone is 1. The third kappa shape index (κ3) is 2.33. The van der Waals surface area contributed by atoms with Crippen LogP contribution in [0.15, 0.2) is 85.5 Å². The Morgan fingerprint density at radius 2 is 1.42 bits per heavy atom. The molecule has 4 rings (SSSR count). The van der Waals surface area contributed by atoms with Crippen LogP contribution in [-0.4, -0.2) is 0 Å². The minimum absolute atomic E-state index is 1.02. The minimum Gasteiger partial charge on any atom is -0.0990 e. The van der Waals surface area contributed by atoms with Crippen molar-refractivity contribution in [1.29, 1.82) is 0 Å². The lowest BCUT2D eigenvalue weighted by Gasteiger charge is -2.11. The topological polar surface area (TPSA) is 0 Å². The SMILES string of the molecule is C=C/C=c1/cc(-c2cc3ccccc3c3ccccc23)ccc1=C. The molecule has 0 aromatic heterocycles. The Bertz CT molecular complexity index is 1180. The van der Waals surface area contributed by atoms with Crippen LogP contribution in [0.1, 0.15) is 0 Å². The van der Waals surface area contributed by atoms with Gasteiger partial charge in [0.05, 0.1) is 0 Å². The molecule has 0 fully saturated rings. The van der Waals surface area contributed by atoms with Crippen molar-refractivity contribution < 1.29 is 0 Å². The van der Waals surface area contributed by atoms with Crippen molar-refractivity contribution in [1.82, 2.24) is 0 Å². The molecule has 0 saturated carbocycles. The van der Waals surface area contributed by atoms with Crippen LogP contribution in [0.5, 0.6) is 0 Å². The Balaban J connectivity index is 2.13. The minimum atomic E-state index is 1.02. The maximum Gasteiger partial charge on any atom is -0.00988 e. The molecule has 0 N–H and O–H groups in total. The lowest BCUT2D eigenvalue weighted by atomic mass is 9.93. The van der Waals surface area contributed by atoms with Gasteiger partial charge in [-0.15, -0.1) is 0 Å². The predicted octanol–water partition coefficient (Wildman–Crippen LogP) is 5.04. The third-order valence-electron chi connectivity index (χ3n) is 4.52. The average Bonchev–Trinajstić information content (AvgIpc) is 2.63. The molecule has 4 aromatic carbocycles. The Labute approximate surface area is 141 Å². The van der Waals surface area contributed by atoms with Gasteiger partial charge in [-0.2, -0.15) is 0 Å². The van der Waals surface area contributed by atoms with Gasteiger partial charge in [0, 0.05) is 0 Å². The Hall–Kier alpha value is -3.12. The van der Waals surface area contributed by atoms with Crippen molar-refractivity contribution in [2.75, 3.05) is 0 Å². The summed E-state index contributed by atoms with van der Waals surface area (Å²) in [6.45, 7) is 7.91. The van der Waals surface area contributed by atoms with Crippen LogP contribution in [0.3, 0.4) is 0 Å². The van der Waals surface area contributed by atoms with E-state index in [4.69, 9.17) is 0 Å². The fourth-order valence-corrected chi connectivity index (χ4v) is 3.34. The standard InChI is InChI=1S/C24H18/c1-3-8-18-15-20(14-13-17(18)2)24-16-19-9-4-5-10-21(19)22-11-6-7-12-23(22)24/h3-16H,1-2H2/b18-8-. The van der Waals surface area contributed by atoms with E-state index in [-0.39, 0.29) is 0 Å². The Morgan fingerprint density at radius 1 is 0.708 bits per heavy atom. The summed E-state index contributed by atoms with van der Waals surface area (Å²) in [7, 11) is 0. The van der Waals surface area contributed by atoms with Gasteiger partial charge in [0.15, 0.2) is 0 Å². The molecule has 0 atom stereocenters. The van der Waals surface area contributed by atoms with Gasteiger partial charge in [-0.05, 0) is 55.2 Å². The summed E-state index contributed by atoms with van der Waals surface area (Å²) in [5.74, 6) is 0. The van der Waals surface area contributed by atoms with E-state index in [1.54, 1.807) is 0 Å². The summed E-state index contributed by atoms with van der Waals surface area (Å²) in [4.78, 5) is 0. The maximum absolute atomic E-state index is 4.11. The third-order valence-corrected chi connectivity index (χ3v) is 4.52. The molecular weight excluding hydrogens is 288 g/mol. The molecule has 0 bridgehead atoms.